The molecule has 0 radical (unpaired) electrons. The molecule has 0 aliphatic rings. The summed E-state index contributed by atoms with van der Waals surface area (Å²) in [5.41, 5.74) is 0.443. The number of rotatable bonds is 1. The summed E-state index contributed by atoms with van der Waals surface area (Å²) in [6.45, 7) is 0. The van der Waals surface area contributed by atoms with Gasteiger partial charge in [0, 0.05) is 22.2 Å². The van der Waals surface area contributed by atoms with Gasteiger partial charge in [-0.3, -0.25) is 4.79 Å². The largest absolute Gasteiger partial charge is 0.287 e. The Bertz CT molecular complexity index is 478. The number of hydrogen-bond donors (Lipinski definition) is 0. The van der Waals surface area contributed by atoms with Crippen molar-refractivity contribution in [2.75, 3.05) is 12.5 Å². The number of carbonyl (C=O) groups is 1. The van der Waals surface area contributed by atoms with Gasteiger partial charge >= 0.3 is 0 Å². The molecular formula is C7H7Br2NO2S2. The highest BCUT2D eigenvalue weighted by atomic mass is 79.9. The van der Waals surface area contributed by atoms with E-state index in [4.69, 9.17) is 0 Å². The first-order valence-corrected chi connectivity index (χ1v) is 8.19. The van der Waals surface area contributed by atoms with Crippen molar-refractivity contribution in [1.29, 1.82) is 0 Å². The summed E-state index contributed by atoms with van der Waals surface area (Å²) in [4.78, 5) is 11.5. The molecule has 0 spiro atoms. The predicted molar refractivity (Wildman–Crippen MR) is 66.5 cm³/mol. The van der Waals surface area contributed by atoms with Crippen molar-refractivity contribution in [3.8, 4) is 0 Å². The quantitative estimate of drug-likeness (QED) is 0.772. The monoisotopic (exact) mass is 359 g/mol. The van der Waals surface area contributed by atoms with Crippen molar-refractivity contribution in [2.24, 2.45) is 4.36 Å². The molecule has 1 aromatic heterocycles. The van der Waals surface area contributed by atoms with Crippen LogP contribution in [0.3, 0.4) is 0 Å². The Morgan fingerprint density at radius 2 is 2.07 bits per heavy atom. The van der Waals surface area contributed by atoms with Crippen LogP contribution in [0.1, 0.15) is 10.4 Å². The summed E-state index contributed by atoms with van der Waals surface area (Å²) in [6.07, 6.45) is 2.86. The minimum absolute atomic E-state index is 0.443. The number of nitrogens with zero attached hydrogens (tertiary/aromatic N) is 1. The van der Waals surface area contributed by atoms with E-state index in [1.807, 2.05) is 0 Å². The second-order valence-electron chi connectivity index (χ2n) is 2.82. The fourth-order valence-electron chi connectivity index (χ4n) is 0.735. The molecule has 0 saturated heterocycles. The molecule has 1 heterocycles. The summed E-state index contributed by atoms with van der Waals surface area (Å²) < 4.78 is 16.4. The van der Waals surface area contributed by atoms with Crippen molar-refractivity contribution < 1.29 is 9.00 Å². The molecule has 0 saturated carbocycles. The second kappa shape index (κ2) is 4.42. The van der Waals surface area contributed by atoms with Crippen LogP contribution in [-0.4, -0.2) is 22.6 Å². The smallest absolute Gasteiger partial charge is 0.266 e. The predicted octanol–water partition coefficient (Wildman–Crippen LogP) is 3.14. The Kier molecular flexibility index (Phi) is 3.90. The molecule has 7 heteroatoms. The highest BCUT2D eigenvalue weighted by molar-refractivity contribution is 9.12. The molecule has 1 rings (SSSR count). The van der Waals surface area contributed by atoms with E-state index in [-0.39, 0.29) is 0 Å². The zero-order chi connectivity index (χ0) is 10.9. The Hall–Kier alpha value is 0.280. The lowest BCUT2D eigenvalue weighted by Gasteiger charge is -1.93. The van der Waals surface area contributed by atoms with Crippen LogP contribution in [0.5, 0.6) is 0 Å². The SMILES string of the molecule is CS(C)(=O)=NC(=O)c1cc(Br)sc1Br. The van der Waals surface area contributed by atoms with E-state index in [1.54, 1.807) is 6.07 Å². The average Bonchev–Trinajstić information content (AvgIpc) is 2.26. The van der Waals surface area contributed by atoms with E-state index < -0.39 is 15.6 Å². The number of halogens is 2. The van der Waals surface area contributed by atoms with Crippen molar-refractivity contribution in [2.45, 2.75) is 0 Å². The zero-order valence-electron chi connectivity index (χ0n) is 7.41. The summed E-state index contributed by atoms with van der Waals surface area (Å²) >= 11 is 7.88. The molecule has 14 heavy (non-hydrogen) atoms. The third kappa shape index (κ3) is 3.45. The second-order valence-corrected chi connectivity index (χ2v) is 9.11. The minimum atomic E-state index is -2.39. The van der Waals surface area contributed by atoms with Gasteiger partial charge in [-0.25, -0.2) is 4.21 Å². The van der Waals surface area contributed by atoms with Crippen LogP contribution in [0.25, 0.3) is 0 Å². The van der Waals surface area contributed by atoms with Gasteiger partial charge < -0.3 is 0 Å². The van der Waals surface area contributed by atoms with Gasteiger partial charge in [-0.1, -0.05) is 0 Å². The lowest BCUT2D eigenvalue weighted by Crippen LogP contribution is -2.00. The van der Waals surface area contributed by atoms with Crippen LogP contribution in [0.4, 0.5) is 0 Å². The number of hydrogen-bond acceptors (Lipinski definition) is 3. The standard InChI is InChI=1S/C7H7Br2NO2S2/c1-14(2,12)10-7(11)4-3-5(8)13-6(4)9/h3H,1-2H3. The van der Waals surface area contributed by atoms with Gasteiger partial charge in [-0.15, -0.1) is 11.3 Å². The molecule has 0 atom stereocenters. The molecule has 1 aromatic rings. The molecule has 3 nitrogen and oxygen atoms in total. The van der Waals surface area contributed by atoms with Crippen molar-refractivity contribution in [3.63, 3.8) is 0 Å². The van der Waals surface area contributed by atoms with Gasteiger partial charge in [-0.2, -0.15) is 4.36 Å². The molecule has 0 aliphatic heterocycles. The molecule has 78 valence electrons. The van der Waals surface area contributed by atoms with Crippen LogP contribution in [0, 0.1) is 0 Å². The molecule has 0 unspecified atom stereocenters. The molecule has 0 fully saturated rings. The third-order valence-electron chi connectivity index (χ3n) is 1.19. The van der Waals surface area contributed by atoms with Crippen molar-refractivity contribution in [1.82, 2.24) is 0 Å². The topological polar surface area (TPSA) is 46.5 Å². The first kappa shape index (κ1) is 12.4. The fourth-order valence-corrected chi connectivity index (χ4v) is 4.01. The molecule has 0 aliphatic carbocycles. The van der Waals surface area contributed by atoms with Gasteiger partial charge in [0.25, 0.3) is 5.91 Å². The van der Waals surface area contributed by atoms with Crippen molar-refractivity contribution in [3.05, 3.63) is 19.2 Å². The van der Waals surface area contributed by atoms with E-state index in [0.717, 1.165) is 3.79 Å². The fraction of sp³-hybridized carbons (Fsp3) is 0.286. The van der Waals surface area contributed by atoms with Crippen LogP contribution in [-0.2, 0) is 9.73 Å². The molecule has 1 amide bonds. The van der Waals surface area contributed by atoms with Crippen LogP contribution < -0.4 is 0 Å². The van der Waals surface area contributed by atoms with Gasteiger partial charge in [0.15, 0.2) is 0 Å². The van der Waals surface area contributed by atoms with E-state index in [2.05, 4.69) is 36.2 Å². The summed E-state index contributed by atoms with van der Waals surface area (Å²) in [5.74, 6) is -0.450. The van der Waals surface area contributed by atoms with Crippen LogP contribution in [0.15, 0.2) is 18.0 Å². The number of carbonyl (C=O) groups excluding carboxylic acids is 1. The van der Waals surface area contributed by atoms with E-state index in [0.29, 0.717) is 9.35 Å². The normalized spacial score (nSPS) is 11.4. The van der Waals surface area contributed by atoms with E-state index in [1.165, 1.54) is 23.8 Å². The van der Waals surface area contributed by atoms with E-state index >= 15 is 0 Å². The maximum absolute atomic E-state index is 11.5. The lowest BCUT2D eigenvalue weighted by atomic mass is 10.3. The summed E-state index contributed by atoms with van der Waals surface area (Å²) in [6, 6.07) is 1.66. The highest BCUT2D eigenvalue weighted by Crippen LogP contribution is 2.32. The summed E-state index contributed by atoms with van der Waals surface area (Å²) in [5, 5.41) is 0. The highest BCUT2D eigenvalue weighted by Gasteiger charge is 2.13. The Morgan fingerprint density at radius 3 is 2.43 bits per heavy atom. The van der Waals surface area contributed by atoms with E-state index in [9.17, 15) is 9.00 Å². The van der Waals surface area contributed by atoms with Gasteiger partial charge in [-0.05, 0) is 37.9 Å². The van der Waals surface area contributed by atoms with Crippen molar-refractivity contribution >= 4 is 58.8 Å². The van der Waals surface area contributed by atoms with Gasteiger partial charge in [0.05, 0.1) is 13.1 Å². The minimum Gasteiger partial charge on any atom is -0.266 e. The Morgan fingerprint density at radius 1 is 1.50 bits per heavy atom. The van der Waals surface area contributed by atoms with Crippen LogP contribution in [0.2, 0.25) is 0 Å². The molecule has 0 aromatic carbocycles. The summed E-state index contributed by atoms with van der Waals surface area (Å²) in [7, 11) is -2.39. The van der Waals surface area contributed by atoms with Crippen LogP contribution >= 0.6 is 43.2 Å². The maximum Gasteiger partial charge on any atom is 0.287 e. The molecular weight excluding hydrogens is 354 g/mol. The first-order valence-electron chi connectivity index (χ1n) is 3.46. The number of thiophene rings is 1. The first-order chi connectivity index (χ1) is 6.29. The lowest BCUT2D eigenvalue weighted by molar-refractivity contribution is 0.100. The number of amides is 1. The van der Waals surface area contributed by atoms with Gasteiger partial charge in [0.1, 0.15) is 0 Å². The molecule has 0 bridgehead atoms. The van der Waals surface area contributed by atoms with Gasteiger partial charge in [0.2, 0.25) is 0 Å². The maximum atomic E-state index is 11.5. The zero-order valence-corrected chi connectivity index (χ0v) is 12.2. The Labute approximate surface area is 103 Å². The molecule has 0 N–H and O–H groups in total. The average molecular weight is 361 g/mol. The third-order valence-corrected chi connectivity index (χ3v) is 4.13. The Balaban J connectivity index is 3.15.